The maximum absolute atomic E-state index is 13.6. The van der Waals surface area contributed by atoms with Crippen LogP contribution in [0.1, 0.15) is 78.1 Å². The number of aliphatic hydroxyl groups is 1. The van der Waals surface area contributed by atoms with Crippen molar-refractivity contribution in [3.8, 4) is 0 Å². The first kappa shape index (κ1) is 21.7. The van der Waals surface area contributed by atoms with Crippen molar-refractivity contribution < 1.29 is 9.90 Å². The minimum atomic E-state index is -0.413. The average Bonchev–Trinajstić information content (AvgIpc) is 3.39. The van der Waals surface area contributed by atoms with Gasteiger partial charge >= 0.3 is 0 Å². The number of ketones is 1. The molecule has 6 heteroatoms. The Bertz CT molecular complexity index is 1050. The molecule has 0 radical (unpaired) electrons. The zero-order valence-electron chi connectivity index (χ0n) is 20.1. The van der Waals surface area contributed by atoms with E-state index in [2.05, 4.69) is 29.1 Å². The summed E-state index contributed by atoms with van der Waals surface area (Å²) in [6, 6.07) is 1.90. The number of aromatic nitrogens is 4. The highest BCUT2D eigenvalue weighted by Crippen LogP contribution is 2.64. The van der Waals surface area contributed by atoms with E-state index in [1.54, 1.807) is 17.1 Å². The van der Waals surface area contributed by atoms with Gasteiger partial charge in [0.2, 0.25) is 0 Å². The third-order valence-corrected chi connectivity index (χ3v) is 10.8. The van der Waals surface area contributed by atoms with Crippen molar-refractivity contribution in [3.63, 3.8) is 0 Å². The number of carbonyl (C=O) groups excluding carboxylic acids is 1. The van der Waals surface area contributed by atoms with Gasteiger partial charge in [0.25, 0.3) is 0 Å². The molecule has 0 bridgehead atoms. The molecule has 0 spiro atoms. The van der Waals surface area contributed by atoms with Gasteiger partial charge in [-0.1, -0.05) is 19.1 Å². The Morgan fingerprint density at radius 1 is 1.12 bits per heavy atom. The molecule has 2 heterocycles. The lowest BCUT2D eigenvalue weighted by Gasteiger charge is -2.57. The monoisotopic (exact) mass is 450 g/mol. The molecule has 4 fully saturated rings. The maximum atomic E-state index is 13.6. The number of carbonyl (C=O) groups is 1. The molecule has 2 aromatic heterocycles. The summed E-state index contributed by atoms with van der Waals surface area (Å²) in [6.45, 7) is 4.89. The number of fused-ring (bicyclic) bond motifs is 6. The van der Waals surface area contributed by atoms with Gasteiger partial charge in [-0.15, -0.1) is 5.10 Å². The van der Waals surface area contributed by atoms with E-state index in [1.165, 1.54) is 38.5 Å². The number of hydrogen-bond donors (Lipinski definition) is 1. The van der Waals surface area contributed by atoms with Crippen LogP contribution in [0.2, 0.25) is 0 Å². The molecular weight excluding hydrogens is 412 g/mol. The smallest absolute Gasteiger partial charge is 0.157 e. The Balaban J connectivity index is 1.19. The van der Waals surface area contributed by atoms with Crippen molar-refractivity contribution in [2.45, 2.75) is 90.2 Å². The Hall–Kier alpha value is -1.82. The number of hydrogen-bond acceptors (Lipinski definition) is 5. The zero-order valence-corrected chi connectivity index (χ0v) is 20.1. The van der Waals surface area contributed by atoms with E-state index >= 15 is 0 Å². The van der Waals surface area contributed by atoms with Crippen LogP contribution >= 0.6 is 0 Å². The fourth-order valence-electron chi connectivity index (χ4n) is 9.01. The van der Waals surface area contributed by atoms with Gasteiger partial charge in [-0.3, -0.25) is 9.78 Å². The van der Waals surface area contributed by atoms with E-state index < -0.39 is 5.60 Å². The largest absolute Gasteiger partial charge is 0.390 e. The van der Waals surface area contributed by atoms with E-state index in [4.69, 9.17) is 0 Å². The first-order valence-electron chi connectivity index (χ1n) is 13.3. The minimum Gasteiger partial charge on any atom is -0.390 e. The molecule has 1 N–H and O–H groups in total. The number of rotatable bonds is 4. The van der Waals surface area contributed by atoms with Gasteiger partial charge in [-0.25, -0.2) is 4.68 Å². The van der Waals surface area contributed by atoms with Crippen LogP contribution < -0.4 is 0 Å². The average molecular weight is 451 g/mol. The summed E-state index contributed by atoms with van der Waals surface area (Å²) in [5.41, 5.74) is 1.36. The first-order valence-corrected chi connectivity index (χ1v) is 13.3. The Morgan fingerprint density at radius 3 is 2.82 bits per heavy atom. The molecule has 8 atom stereocenters. The molecule has 0 saturated heterocycles. The molecular formula is C27H38N4O2. The van der Waals surface area contributed by atoms with Gasteiger partial charge in [-0.05, 0) is 105 Å². The Morgan fingerprint density at radius 2 is 1.97 bits per heavy atom. The van der Waals surface area contributed by atoms with Crippen LogP contribution in [0, 0.1) is 40.9 Å². The highest BCUT2D eigenvalue weighted by molar-refractivity contribution is 5.84. The summed E-state index contributed by atoms with van der Waals surface area (Å²) in [7, 11) is 0. The summed E-state index contributed by atoms with van der Waals surface area (Å²) >= 11 is 0. The summed E-state index contributed by atoms with van der Waals surface area (Å²) < 4.78 is 1.77. The van der Waals surface area contributed by atoms with Crippen LogP contribution in [0.15, 0.2) is 18.5 Å². The molecule has 33 heavy (non-hydrogen) atoms. The van der Waals surface area contributed by atoms with E-state index in [-0.39, 0.29) is 11.3 Å². The molecule has 178 valence electrons. The maximum Gasteiger partial charge on any atom is 0.157 e. The Kier molecular flexibility index (Phi) is 5.17. The van der Waals surface area contributed by atoms with Gasteiger partial charge in [0.05, 0.1) is 17.3 Å². The Labute approximate surface area is 196 Å². The van der Waals surface area contributed by atoms with Crippen molar-refractivity contribution in [1.29, 1.82) is 0 Å². The predicted molar refractivity (Wildman–Crippen MR) is 126 cm³/mol. The van der Waals surface area contributed by atoms with Gasteiger partial charge < -0.3 is 5.11 Å². The van der Waals surface area contributed by atoms with Crippen molar-refractivity contribution in [2.24, 2.45) is 40.9 Å². The summed E-state index contributed by atoms with van der Waals surface area (Å²) in [6.07, 6.45) is 14.8. The second kappa shape index (κ2) is 7.86. The molecule has 0 unspecified atom stereocenters. The van der Waals surface area contributed by atoms with E-state index in [9.17, 15) is 9.90 Å². The minimum absolute atomic E-state index is 0.127. The van der Waals surface area contributed by atoms with Crippen LogP contribution in [-0.2, 0) is 11.3 Å². The number of nitrogens with zero attached hydrogens (tertiary/aromatic N) is 4. The first-order chi connectivity index (χ1) is 15.9. The highest BCUT2D eigenvalue weighted by Gasteiger charge is 2.58. The lowest BCUT2D eigenvalue weighted by atomic mass is 9.48. The van der Waals surface area contributed by atoms with Crippen LogP contribution in [0.4, 0.5) is 0 Å². The molecule has 0 aromatic carbocycles. The fraction of sp³-hybridized carbons (Fsp3) is 0.778. The zero-order chi connectivity index (χ0) is 22.8. The lowest BCUT2D eigenvalue weighted by molar-refractivity contribution is -0.133. The quantitative estimate of drug-likeness (QED) is 0.723. The number of Topliss-reactive ketones (excluding diaryl/α,β-unsaturated/α-hetero) is 1. The van der Waals surface area contributed by atoms with Crippen molar-refractivity contribution >= 4 is 16.8 Å². The van der Waals surface area contributed by atoms with Crippen LogP contribution in [0.5, 0.6) is 0 Å². The van der Waals surface area contributed by atoms with Gasteiger partial charge in [0.15, 0.2) is 5.78 Å². The topological polar surface area (TPSA) is 80.9 Å². The normalized spacial score (nSPS) is 42.5. The molecule has 4 saturated carbocycles. The molecule has 6 rings (SSSR count). The third kappa shape index (κ3) is 3.38. The van der Waals surface area contributed by atoms with Crippen molar-refractivity contribution in [2.75, 3.05) is 0 Å². The summed E-state index contributed by atoms with van der Waals surface area (Å²) in [5.74, 6) is 4.24. The van der Waals surface area contributed by atoms with Gasteiger partial charge in [0.1, 0.15) is 12.1 Å². The van der Waals surface area contributed by atoms with Crippen LogP contribution in [0.25, 0.3) is 11.0 Å². The second-order valence-corrected chi connectivity index (χ2v) is 12.0. The lowest BCUT2D eigenvalue weighted by Crippen LogP contribution is -2.51. The summed E-state index contributed by atoms with van der Waals surface area (Å²) in [5, 5.41) is 19.4. The van der Waals surface area contributed by atoms with E-state index in [1.807, 2.05) is 6.07 Å². The predicted octanol–water partition coefficient (Wildman–Crippen LogP) is 4.81. The van der Waals surface area contributed by atoms with Crippen LogP contribution in [-0.4, -0.2) is 36.5 Å². The van der Waals surface area contributed by atoms with E-state index in [0.717, 1.165) is 54.5 Å². The standard InChI is InChI=1S/C27H38N4O2/c1-3-27(33)12-9-18-17(14-27)4-5-20-19(18)8-11-26(2)21(20)6-7-22(26)25(32)16-31-24-10-13-28-15-23(24)29-30-31/h10,13,15,17-22,33H,3-9,11-12,14,16H2,1-2H3/t17-,18-,19+,20+,21-,22+,26-,27+/m0/s1. The second-order valence-electron chi connectivity index (χ2n) is 12.0. The molecule has 2 aromatic rings. The SMILES string of the molecule is CC[C@@]1(O)CC[C@H]2[C@@H](CC[C@@H]3[C@@H]2CC[C@]2(C)[C@@H](C(=O)Cn4nnc5cnccc54)CC[C@@H]32)C1. The highest BCUT2D eigenvalue weighted by atomic mass is 16.3. The van der Waals surface area contributed by atoms with Crippen molar-refractivity contribution in [1.82, 2.24) is 20.0 Å². The summed E-state index contributed by atoms with van der Waals surface area (Å²) in [4.78, 5) is 17.7. The molecule has 4 aliphatic rings. The van der Waals surface area contributed by atoms with Gasteiger partial charge in [-0.2, -0.15) is 0 Å². The van der Waals surface area contributed by atoms with Gasteiger partial charge in [0, 0.05) is 12.1 Å². The fourth-order valence-corrected chi connectivity index (χ4v) is 9.01. The van der Waals surface area contributed by atoms with Crippen molar-refractivity contribution in [3.05, 3.63) is 18.5 Å². The van der Waals surface area contributed by atoms with Crippen LogP contribution in [0.3, 0.4) is 0 Å². The third-order valence-electron chi connectivity index (χ3n) is 10.8. The van der Waals surface area contributed by atoms with E-state index in [0.29, 0.717) is 24.2 Å². The molecule has 0 aliphatic heterocycles. The molecule has 4 aliphatic carbocycles. The number of pyridine rings is 1. The molecule has 6 nitrogen and oxygen atoms in total. The molecule has 0 amide bonds.